The molecule has 0 rings (SSSR count). The quantitative estimate of drug-likeness (QED) is 0.586. The zero-order valence-corrected chi connectivity index (χ0v) is 6.39. The van der Waals surface area contributed by atoms with Gasteiger partial charge in [-0.1, -0.05) is 13.8 Å². The summed E-state index contributed by atoms with van der Waals surface area (Å²) in [6.07, 6.45) is 1.44. The Kier molecular flexibility index (Phi) is 4.54. The first-order valence-electron chi connectivity index (χ1n) is 3.48. The van der Waals surface area contributed by atoms with Gasteiger partial charge in [-0.3, -0.25) is 9.59 Å². The maximum absolute atomic E-state index is 10.6. The van der Waals surface area contributed by atoms with Crippen LogP contribution in [0.5, 0.6) is 0 Å². The molecule has 0 bridgehead atoms. The third-order valence-corrected chi connectivity index (χ3v) is 1.02. The van der Waals surface area contributed by atoms with Crippen molar-refractivity contribution >= 4 is 11.8 Å². The molecule has 0 aromatic heterocycles. The molecule has 0 spiro atoms. The van der Waals surface area contributed by atoms with Crippen LogP contribution in [-0.2, 0) is 9.59 Å². The van der Waals surface area contributed by atoms with E-state index in [1.165, 1.54) is 0 Å². The molecular formula is C7H12NO2. The molecule has 2 amide bonds. The summed E-state index contributed by atoms with van der Waals surface area (Å²) in [4.78, 5) is 21.1. The Balaban J connectivity index is 3.47. The zero-order chi connectivity index (χ0) is 7.98. The van der Waals surface area contributed by atoms with Crippen molar-refractivity contribution in [2.24, 2.45) is 0 Å². The van der Waals surface area contributed by atoms with Gasteiger partial charge in [0, 0.05) is 12.8 Å². The highest BCUT2D eigenvalue weighted by molar-refractivity contribution is 5.94. The second-order valence-corrected chi connectivity index (χ2v) is 2.00. The van der Waals surface area contributed by atoms with E-state index in [1.807, 2.05) is 6.92 Å². The Morgan fingerprint density at radius 2 is 1.80 bits per heavy atom. The number of rotatable bonds is 3. The largest absolute Gasteiger partial charge is 0.273 e. The van der Waals surface area contributed by atoms with Crippen molar-refractivity contribution in [3.8, 4) is 0 Å². The molecule has 0 saturated carbocycles. The lowest BCUT2D eigenvalue weighted by Gasteiger charge is -1.94. The highest BCUT2D eigenvalue weighted by Crippen LogP contribution is 1.87. The molecule has 1 radical (unpaired) electrons. The molecule has 0 aromatic carbocycles. The third kappa shape index (κ3) is 4.06. The van der Waals surface area contributed by atoms with Gasteiger partial charge in [-0.15, -0.1) is 0 Å². The monoisotopic (exact) mass is 142 g/mol. The molecular weight excluding hydrogens is 130 g/mol. The van der Waals surface area contributed by atoms with Crippen LogP contribution >= 0.6 is 0 Å². The smallest absolute Gasteiger partial charge is 0.248 e. The topological polar surface area (TPSA) is 48.2 Å². The van der Waals surface area contributed by atoms with Crippen LogP contribution in [0.2, 0.25) is 0 Å². The summed E-state index contributed by atoms with van der Waals surface area (Å²) >= 11 is 0. The summed E-state index contributed by atoms with van der Waals surface area (Å²) in [7, 11) is 0. The lowest BCUT2D eigenvalue weighted by Crippen LogP contribution is -2.21. The second kappa shape index (κ2) is 4.97. The van der Waals surface area contributed by atoms with E-state index in [0.717, 1.165) is 6.42 Å². The normalized spacial score (nSPS) is 9.00. The van der Waals surface area contributed by atoms with Crippen LogP contribution < -0.4 is 5.32 Å². The van der Waals surface area contributed by atoms with Crippen molar-refractivity contribution in [2.75, 3.05) is 0 Å². The minimum Gasteiger partial charge on any atom is -0.273 e. The number of carbonyl (C=O) groups is 2. The standard InChI is InChI=1S/C7H12NO2/c1-3-5-7(10)8-6(9)4-2/h3-5H2,1-2H3. The molecule has 0 aromatic rings. The van der Waals surface area contributed by atoms with Crippen LogP contribution in [0.1, 0.15) is 33.1 Å². The minimum absolute atomic E-state index is 0.297. The number of hydrogen-bond donors (Lipinski definition) is 0. The SMILES string of the molecule is CCCC(=O)[N]C(=O)CC. The lowest BCUT2D eigenvalue weighted by molar-refractivity contribution is -0.130. The molecule has 0 aliphatic carbocycles. The predicted molar refractivity (Wildman–Crippen MR) is 37.3 cm³/mol. The Bertz CT molecular complexity index is 132. The van der Waals surface area contributed by atoms with Crippen molar-refractivity contribution in [1.82, 2.24) is 5.32 Å². The lowest BCUT2D eigenvalue weighted by atomic mass is 10.3. The van der Waals surface area contributed by atoms with Gasteiger partial charge in [0.25, 0.3) is 0 Å². The van der Waals surface area contributed by atoms with E-state index in [1.54, 1.807) is 6.92 Å². The van der Waals surface area contributed by atoms with Crippen molar-refractivity contribution in [3.05, 3.63) is 0 Å². The Morgan fingerprint density at radius 3 is 2.20 bits per heavy atom. The minimum atomic E-state index is -0.321. The summed E-state index contributed by atoms with van der Waals surface area (Å²) in [6.45, 7) is 3.56. The van der Waals surface area contributed by atoms with E-state index < -0.39 is 0 Å². The van der Waals surface area contributed by atoms with E-state index >= 15 is 0 Å². The van der Waals surface area contributed by atoms with Crippen molar-refractivity contribution in [3.63, 3.8) is 0 Å². The summed E-state index contributed by atoms with van der Waals surface area (Å²) < 4.78 is 0. The molecule has 3 heteroatoms. The van der Waals surface area contributed by atoms with E-state index in [-0.39, 0.29) is 11.8 Å². The van der Waals surface area contributed by atoms with E-state index in [0.29, 0.717) is 12.8 Å². The average molecular weight is 142 g/mol. The van der Waals surface area contributed by atoms with Crippen LogP contribution in [0, 0.1) is 0 Å². The molecule has 10 heavy (non-hydrogen) atoms. The van der Waals surface area contributed by atoms with Gasteiger partial charge < -0.3 is 0 Å². The van der Waals surface area contributed by atoms with Crippen LogP contribution in [-0.4, -0.2) is 11.8 Å². The molecule has 0 atom stereocenters. The first kappa shape index (κ1) is 9.14. The molecule has 0 N–H and O–H groups in total. The Labute approximate surface area is 60.8 Å². The van der Waals surface area contributed by atoms with Gasteiger partial charge in [0.1, 0.15) is 0 Å². The van der Waals surface area contributed by atoms with E-state index in [4.69, 9.17) is 0 Å². The van der Waals surface area contributed by atoms with Crippen LogP contribution in [0.15, 0.2) is 0 Å². The molecule has 0 unspecified atom stereocenters. The molecule has 0 fully saturated rings. The first-order valence-corrected chi connectivity index (χ1v) is 3.48. The fourth-order valence-electron chi connectivity index (χ4n) is 0.488. The number of nitrogens with zero attached hydrogens (tertiary/aromatic N) is 1. The van der Waals surface area contributed by atoms with Gasteiger partial charge in [0.2, 0.25) is 11.8 Å². The summed E-state index contributed by atoms with van der Waals surface area (Å²) in [5, 5.41) is 3.31. The molecule has 0 heterocycles. The average Bonchev–Trinajstić information content (AvgIpc) is 1.88. The predicted octanol–water partition coefficient (Wildman–Crippen LogP) is 0.854. The Hall–Kier alpha value is -0.860. The number of carbonyl (C=O) groups excluding carboxylic acids is 2. The summed E-state index contributed by atoms with van der Waals surface area (Å²) in [6, 6.07) is 0. The van der Waals surface area contributed by atoms with Gasteiger partial charge in [0.05, 0.1) is 0 Å². The number of imide groups is 1. The van der Waals surface area contributed by atoms with Crippen molar-refractivity contribution < 1.29 is 9.59 Å². The number of amides is 2. The van der Waals surface area contributed by atoms with Gasteiger partial charge in [-0.2, -0.15) is 5.32 Å². The highest BCUT2D eigenvalue weighted by atomic mass is 16.2. The van der Waals surface area contributed by atoms with Crippen LogP contribution in [0.4, 0.5) is 0 Å². The second-order valence-electron chi connectivity index (χ2n) is 2.00. The van der Waals surface area contributed by atoms with Crippen LogP contribution in [0.3, 0.4) is 0 Å². The van der Waals surface area contributed by atoms with Crippen LogP contribution in [0.25, 0.3) is 0 Å². The van der Waals surface area contributed by atoms with Gasteiger partial charge in [-0.25, -0.2) is 0 Å². The van der Waals surface area contributed by atoms with E-state index in [9.17, 15) is 9.59 Å². The van der Waals surface area contributed by atoms with Crippen molar-refractivity contribution in [1.29, 1.82) is 0 Å². The molecule has 0 saturated heterocycles. The fourth-order valence-corrected chi connectivity index (χ4v) is 0.488. The van der Waals surface area contributed by atoms with E-state index in [2.05, 4.69) is 5.32 Å². The zero-order valence-electron chi connectivity index (χ0n) is 6.39. The first-order chi connectivity index (χ1) is 4.70. The molecule has 3 nitrogen and oxygen atoms in total. The third-order valence-electron chi connectivity index (χ3n) is 1.02. The molecule has 57 valence electrons. The maximum atomic E-state index is 10.6. The maximum Gasteiger partial charge on any atom is 0.248 e. The summed E-state index contributed by atoms with van der Waals surface area (Å²) in [5.41, 5.74) is 0. The molecule has 0 aliphatic heterocycles. The van der Waals surface area contributed by atoms with Gasteiger partial charge in [-0.05, 0) is 6.42 Å². The number of hydrogen-bond acceptors (Lipinski definition) is 2. The van der Waals surface area contributed by atoms with Crippen molar-refractivity contribution in [2.45, 2.75) is 33.1 Å². The Morgan fingerprint density at radius 1 is 1.20 bits per heavy atom. The highest BCUT2D eigenvalue weighted by Gasteiger charge is 2.05. The summed E-state index contributed by atoms with van der Waals surface area (Å²) in [5.74, 6) is -0.618. The fraction of sp³-hybridized carbons (Fsp3) is 0.714. The molecule has 0 aliphatic rings. The van der Waals surface area contributed by atoms with Gasteiger partial charge in [0.15, 0.2) is 0 Å². The van der Waals surface area contributed by atoms with Gasteiger partial charge >= 0.3 is 0 Å².